The Morgan fingerprint density at radius 2 is 1.66 bits per heavy atom. The summed E-state index contributed by atoms with van der Waals surface area (Å²) in [5.41, 5.74) is 10.8. The summed E-state index contributed by atoms with van der Waals surface area (Å²) >= 11 is 6.55. The van der Waals surface area contributed by atoms with Crippen LogP contribution < -0.4 is 10.5 Å². The standard InChI is InChI=1S/C25H18ClN5O/c26-20-13-19(12-18-9-5-11-29-21(18)20)23-22(17-7-2-1-3-8-17)30-24(27)25(31-23)32-15-16-6-4-10-28-14-16/h1-14H,15H2,(H2,27,30). The maximum atomic E-state index is 6.55. The molecular formula is C25H18ClN5O. The third-order valence-corrected chi connectivity index (χ3v) is 5.25. The van der Waals surface area contributed by atoms with Crippen molar-refractivity contribution in [2.45, 2.75) is 6.61 Å². The lowest BCUT2D eigenvalue weighted by molar-refractivity contribution is 0.294. The summed E-state index contributed by atoms with van der Waals surface area (Å²) in [5, 5.41) is 1.44. The summed E-state index contributed by atoms with van der Waals surface area (Å²) < 4.78 is 5.91. The molecule has 0 atom stereocenters. The van der Waals surface area contributed by atoms with Gasteiger partial charge in [-0.15, -0.1) is 0 Å². The van der Waals surface area contributed by atoms with Crippen LogP contribution in [0.25, 0.3) is 33.4 Å². The molecule has 0 saturated heterocycles. The Hall–Kier alpha value is -4.03. The molecule has 0 saturated carbocycles. The molecule has 0 aliphatic heterocycles. The van der Waals surface area contributed by atoms with Gasteiger partial charge in [0.2, 0.25) is 0 Å². The molecule has 7 heteroatoms. The molecule has 156 valence electrons. The first-order chi connectivity index (χ1) is 15.7. The molecule has 0 unspecified atom stereocenters. The summed E-state index contributed by atoms with van der Waals surface area (Å²) in [4.78, 5) is 17.9. The summed E-state index contributed by atoms with van der Waals surface area (Å²) in [5.74, 6) is 0.469. The maximum absolute atomic E-state index is 6.55. The third kappa shape index (κ3) is 3.96. The number of halogens is 1. The van der Waals surface area contributed by atoms with Crippen molar-refractivity contribution in [3.05, 3.63) is 95.9 Å². The molecule has 32 heavy (non-hydrogen) atoms. The first-order valence-electron chi connectivity index (χ1n) is 9.98. The molecule has 0 spiro atoms. The molecule has 3 aromatic heterocycles. The van der Waals surface area contributed by atoms with Crippen molar-refractivity contribution in [2.75, 3.05) is 5.73 Å². The number of ether oxygens (including phenoxy) is 1. The Kier molecular flexibility index (Phi) is 5.35. The molecule has 0 bridgehead atoms. The largest absolute Gasteiger partial charge is 0.470 e. The van der Waals surface area contributed by atoms with Crippen LogP contribution in [-0.2, 0) is 6.61 Å². The highest BCUT2D eigenvalue weighted by atomic mass is 35.5. The Bertz CT molecular complexity index is 1390. The van der Waals surface area contributed by atoms with Gasteiger partial charge in [0.15, 0.2) is 5.82 Å². The van der Waals surface area contributed by atoms with Crippen LogP contribution >= 0.6 is 11.6 Å². The van der Waals surface area contributed by atoms with Crippen molar-refractivity contribution in [3.8, 4) is 28.4 Å². The van der Waals surface area contributed by atoms with Crippen LogP contribution in [0.4, 0.5) is 5.82 Å². The van der Waals surface area contributed by atoms with Gasteiger partial charge in [-0.2, -0.15) is 0 Å². The molecule has 0 radical (unpaired) electrons. The molecule has 2 N–H and O–H groups in total. The predicted molar refractivity (Wildman–Crippen MR) is 126 cm³/mol. The van der Waals surface area contributed by atoms with Gasteiger partial charge in [-0.25, -0.2) is 9.97 Å². The zero-order valence-electron chi connectivity index (χ0n) is 16.9. The van der Waals surface area contributed by atoms with Crippen molar-refractivity contribution < 1.29 is 4.74 Å². The van der Waals surface area contributed by atoms with Gasteiger partial charge >= 0.3 is 0 Å². The highest BCUT2D eigenvalue weighted by molar-refractivity contribution is 6.35. The van der Waals surface area contributed by atoms with Gasteiger partial charge in [-0.05, 0) is 24.3 Å². The molecule has 0 aliphatic carbocycles. The molecule has 0 fully saturated rings. The summed E-state index contributed by atoms with van der Waals surface area (Å²) in [6.45, 7) is 0.277. The second kappa shape index (κ2) is 8.61. The van der Waals surface area contributed by atoms with E-state index in [2.05, 4.69) is 15.0 Å². The fourth-order valence-corrected chi connectivity index (χ4v) is 3.73. The number of pyridine rings is 2. The number of nitrogens with two attached hydrogens (primary N) is 1. The third-order valence-electron chi connectivity index (χ3n) is 4.97. The molecule has 5 aromatic rings. The molecule has 0 amide bonds. The van der Waals surface area contributed by atoms with Crippen molar-refractivity contribution in [2.24, 2.45) is 0 Å². The second-order valence-corrected chi connectivity index (χ2v) is 7.57. The molecule has 2 aromatic carbocycles. The summed E-state index contributed by atoms with van der Waals surface area (Å²) in [6, 6.07) is 21.2. The number of aromatic nitrogens is 4. The Morgan fingerprint density at radius 3 is 2.47 bits per heavy atom. The van der Waals surface area contributed by atoms with E-state index in [0.717, 1.165) is 27.6 Å². The lowest BCUT2D eigenvalue weighted by atomic mass is 10.0. The molecule has 5 rings (SSSR count). The number of fused-ring (bicyclic) bond motifs is 1. The zero-order valence-corrected chi connectivity index (χ0v) is 17.7. The van der Waals surface area contributed by atoms with Crippen LogP contribution in [0.2, 0.25) is 5.02 Å². The van der Waals surface area contributed by atoms with Gasteiger partial charge in [-0.3, -0.25) is 9.97 Å². The highest BCUT2D eigenvalue weighted by Gasteiger charge is 2.18. The number of hydrogen-bond acceptors (Lipinski definition) is 6. The SMILES string of the molecule is Nc1nc(-c2ccccc2)c(-c2cc(Cl)c3ncccc3c2)nc1OCc1cccnc1. The lowest BCUT2D eigenvalue weighted by Crippen LogP contribution is -2.06. The number of rotatable bonds is 5. The van der Waals surface area contributed by atoms with Gasteiger partial charge in [0.05, 0.1) is 16.2 Å². The van der Waals surface area contributed by atoms with Gasteiger partial charge in [0.25, 0.3) is 5.88 Å². The number of anilines is 1. The second-order valence-electron chi connectivity index (χ2n) is 7.16. The first kappa shape index (κ1) is 19.9. The van der Waals surface area contributed by atoms with Crippen molar-refractivity contribution in [3.63, 3.8) is 0 Å². The average molecular weight is 440 g/mol. The van der Waals surface area contributed by atoms with Gasteiger partial charge in [0, 0.05) is 40.7 Å². The number of hydrogen-bond donors (Lipinski definition) is 1. The lowest BCUT2D eigenvalue weighted by Gasteiger charge is -2.14. The van der Waals surface area contributed by atoms with E-state index in [4.69, 9.17) is 27.1 Å². The van der Waals surface area contributed by atoms with Crippen LogP contribution in [-0.4, -0.2) is 19.9 Å². The smallest absolute Gasteiger partial charge is 0.258 e. The Labute approximate surface area is 189 Å². The first-order valence-corrected chi connectivity index (χ1v) is 10.4. The minimum Gasteiger partial charge on any atom is -0.470 e. The van der Waals surface area contributed by atoms with E-state index >= 15 is 0 Å². The van der Waals surface area contributed by atoms with E-state index in [1.54, 1.807) is 18.6 Å². The quantitative estimate of drug-likeness (QED) is 0.385. The summed E-state index contributed by atoms with van der Waals surface area (Å²) in [6.07, 6.45) is 5.17. The molecular weight excluding hydrogens is 422 g/mol. The minimum atomic E-state index is 0.213. The Morgan fingerprint density at radius 1 is 0.844 bits per heavy atom. The van der Waals surface area contributed by atoms with Crippen molar-refractivity contribution in [1.29, 1.82) is 0 Å². The number of nitrogen functional groups attached to an aromatic ring is 1. The normalized spacial score (nSPS) is 10.9. The molecule has 0 aliphatic rings. The predicted octanol–water partition coefficient (Wildman–Crippen LogP) is 5.57. The van der Waals surface area contributed by atoms with E-state index in [0.29, 0.717) is 16.4 Å². The van der Waals surface area contributed by atoms with Crippen LogP contribution in [0.5, 0.6) is 5.88 Å². The maximum Gasteiger partial charge on any atom is 0.258 e. The fourth-order valence-electron chi connectivity index (χ4n) is 3.46. The van der Waals surface area contributed by atoms with Crippen molar-refractivity contribution in [1.82, 2.24) is 19.9 Å². The van der Waals surface area contributed by atoms with E-state index in [9.17, 15) is 0 Å². The molecule has 3 heterocycles. The topological polar surface area (TPSA) is 86.8 Å². The minimum absolute atomic E-state index is 0.213. The van der Waals surface area contributed by atoms with Gasteiger partial charge in [-0.1, -0.05) is 54.1 Å². The van der Waals surface area contributed by atoms with Gasteiger partial charge < -0.3 is 10.5 Å². The van der Waals surface area contributed by atoms with E-state index in [-0.39, 0.29) is 18.3 Å². The fraction of sp³-hybridized carbons (Fsp3) is 0.0400. The van der Waals surface area contributed by atoms with Gasteiger partial charge in [0.1, 0.15) is 12.3 Å². The number of nitrogens with zero attached hydrogens (tertiary/aromatic N) is 4. The van der Waals surface area contributed by atoms with Crippen LogP contribution in [0.3, 0.4) is 0 Å². The average Bonchev–Trinajstić information content (AvgIpc) is 2.84. The van der Waals surface area contributed by atoms with E-state index in [1.165, 1.54) is 0 Å². The Balaban J connectivity index is 1.65. The summed E-state index contributed by atoms with van der Waals surface area (Å²) in [7, 11) is 0. The van der Waals surface area contributed by atoms with E-state index in [1.807, 2.05) is 66.7 Å². The monoisotopic (exact) mass is 439 g/mol. The van der Waals surface area contributed by atoms with Crippen LogP contribution in [0, 0.1) is 0 Å². The molecule has 6 nitrogen and oxygen atoms in total. The van der Waals surface area contributed by atoms with Crippen LogP contribution in [0.15, 0.2) is 85.3 Å². The van der Waals surface area contributed by atoms with Crippen LogP contribution in [0.1, 0.15) is 5.56 Å². The highest BCUT2D eigenvalue weighted by Crippen LogP contribution is 2.36. The number of benzene rings is 2. The van der Waals surface area contributed by atoms with Crippen molar-refractivity contribution >= 4 is 28.3 Å². The zero-order chi connectivity index (χ0) is 21.9. The van der Waals surface area contributed by atoms with E-state index < -0.39 is 0 Å².